The summed E-state index contributed by atoms with van der Waals surface area (Å²) in [6, 6.07) is 4.52. The van der Waals surface area contributed by atoms with E-state index in [4.69, 9.17) is 20.8 Å². The highest BCUT2D eigenvalue weighted by Crippen LogP contribution is 2.33. The lowest BCUT2D eigenvalue weighted by Crippen LogP contribution is -2.39. The van der Waals surface area contributed by atoms with E-state index in [2.05, 4.69) is 20.2 Å². The Morgan fingerprint density at radius 2 is 2.16 bits per heavy atom. The van der Waals surface area contributed by atoms with Crippen molar-refractivity contribution in [3.63, 3.8) is 0 Å². The summed E-state index contributed by atoms with van der Waals surface area (Å²) in [5.74, 6) is 0.986. The summed E-state index contributed by atoms with van der Waals surface area (Å²) in [6.45, 7) is 4.78. The third-order valence-electron chi connectivity index (χ3n) is 5.16. The highest BCUT2D eigenvalue weighted by Gasteiger charge is 2.33. The first-order valence-corrected chi connectivity index (χ1v) is 11.7. The molecule has 0 aliphatic carbocycles. The molecule has 0 saturated carbocycles. The molecule has 1 aliphatic heterocycles. The van der Waals surface area contributed by atoms with Crippen LogP contribution < -0.4 is 4.74 Å². The van der Waals surface area contributed by atoms with Gasteiger partial charge in [-0.15, -0.1) is 10.2 Å². The minimum Gasteiger partial charge on any atom is -0.492 e. The van der Waals surface area contributed by atoms with Crippen LogP contribution in [0.2, 0.25) is 5.02 Å². The van der Waals surface area contributed by atoms with Crippen molar-refractivity contribution in [2.45, 2.75) is 37.5 Å². The number of halogens is 1. The summed E-state index contributed by atoms with van der Waals surface area (Å²) >= 11 is 6.20. The van der Waals surface area contributed by atoms with Gasteiger partial charge in [0.15, 0.2) is 0 Å². The summed E-state index contributed by atoms with van der Waals surface area (Å²) in [6.07, 6.45) is 4.50. The minimum absolute atomic E-state index is 0.130. The molecule has 0 bridgehead atoms. The lowest BCUT2D eigenvalue weighted by Gasteiger charge is -2.30. The van der Waals surface area contributed by atoms with Crippen molar-refractivity contribution in [3.05, 3.63) is 47.3 Å². The third-order valence-corrected chi connectivity index (χ3v) is 7.31. The molecule has 9 nitrogen and oxygen atoms in total. The Bertz CT molecular complexity index is 1180. The number of nitrogens with zero attached hydrogens (tertiary/aromatic N) is 5. The topological polar surface area (TPSA) is 111 Å². The molecule has 0 spiro atoms. The first-order chi connectivity index (χ1) is 14.9. The van der Waals surface area contributed by atoms with E-state index in [9.17, 15) is 8.42 Å². The number of sulfonamides is 1. The molecule has 1 aliphatic rings. The summed E-state index contributed by atoms with van der Waals surface area (Å²) in [4.78, 5) is 8.26. The van der Waals surface area contributed by atoms with Crippen LogP contribution in [0.4, 0.5) is 0 Å². The maximum atomic E-state index is 13.2. The standard InChI is InChI=1S/C20H22ClN5O4S/c1-3-29-18-7-6-15(9-17(18)21)31(27,28)26-8-4-5-14(11-26)19-24-25-20(30-19)16-10-22-12-23-13(16)2/h6-7,9-10,12,14H,3-5,8,11H2,1-2H3/t14-/m0/s1. The Hall–Kier alpha value is -2.56. The van der Waals surface area contributed by atoms with Crippen molar-refractivity contribution in [3.8, 4) is 17.2 Å². The Morgan fingerprint density at radius 1 is 1.32 bits per heavy atom. The van der Waals surface area contributed by atoms with Gasteiger partial charge in [-0.05, 0) is 44.9 Å². The van der Waals surface area contributed by atoms with Crippen LogP contribution in [-0.2, 0) is 10.0 Å². The zero-order chi connectivity index (χ0) is 22.0. The van der Waals surface area contributed by atoms with Gasteiger partial charge in [0.25, 0.3) is 5.89 Å². The lowest BCUT2D eigenvalue weighted by atomic mass is 10.00. The monoisotopic (exact) mass is 463 g/mol. The molecule has 1 atom stereocenters. The summed E-state index contributed by atoms with van der Waals surface area (Å²) < 4.78 is 39.1. The van der Waals surface area contributed by atoms with E-state index in [0.717, 1.165) is 12.1 Å². The fraction of sp³-hybridized carbons (Fsp3) is 0.400. The number of hydrogen-bond acceptors (Lipinski definition) is 8. The van der Waals surface area contributed by atoms with Gasteiger partial charge in [-0.1, -0.05) is 11.6 Å². The zero-order valence-electron chi connectivity index (χ0n) is 17.2. The molecule has 4 rings (SSSR count). The lowest BCUT2D eigenvalue weighted by molar-refractivity contribution is 0.286. The molecule has 11 heteroatoms. The molecule has 2 aromatic heterocycles. The number of ether oxygens (including phenoxy) is 1. The molecule has 1 fully saturated rings. The van der Waals surface area contributed by atoms with Crippen molar-refractivity contribution in [1.82, 2.24) is 24.5 Å². The van der Waals surface area contributed by atoms with Gasteiger partial charge in [0.2, 0.25) is 15.9 Å². The van der Waals surface area contributed by atoms with Crippen molar-refractivity contribution < 1.29 is 17.6 Å². The molecule has 1 saturated heterocycles. The molecule has 3 heterocycles. The van der Waals surface area contributed by atoms with E-state index in [1.165, 1.54) is 22.8 Å². The van der Waals surface area contributed by atoms with E-state index in [1.807, 2.05) is 13.8 Å². The van der Waals surface area contributed by atoms with Gasteiger partial charge in [0, 0.05) is 19.3 Å². The maximum absolute atomic E-state index is 13.2. The number of hydrogen-bond donors (Lipinski definition) is 0. The Morgan fingerprint density at radius 3 is 2.90 bits per heavy atom. The molecule has 0 unspecified atom stereocenters. The van der Waals surface area contributed by atoms with E-state index in [0.29, 0.717) is 42.7 Å². The molecule has 164 valence electrons. The van der Waals surface area contributed by atoms with Crippen LogP contribution in [0.3, 0.4) is 0 Å². The maximum Gasteiger partial charge on any atom is 0.251 e. The smallest absolute Gasteiger partial charge is 0.251 e. The number of aromatic nitrogens is 4. The normalized spacial score (nSPS) is 17.6. The second kappa shape index (κ2) is 8.89. The largest absolute Gasteiger partial charge is 0.492 e. The van der Waals surface area contributed by atoms with Crippen LogP contribution in [0.5, 0.6) is 5.75 Å². The van der Waals surface area contributed by atoms with Crippen LogP contribution in [0.1, 0.15) is 37.3 Å². The number of aryl methyl sites for hydroxylation is 1. The highest BCUT2D eigenvalue weighted by atomic mass is 35.5. The van der Waals surface area contributed by atoms with Crippen LogP contribution >= 0.6 is 11.6 Å². The quantitative estimate of drug-likeness (QED) is 0.546. The fourth-order valence-electron chi connectivity index (χ4n) is 3.54. The van der Waals surface area contributed by atoms with Gasteiger partial charge in [-0.3, -0.25) is 0 Å². The summed E-state index contributed by atoms with van der Waals surface area (Å²) in [7, 11) is -3.73. The van der Waals surface area contributed by atoms with Crippen LogP contribution in [0, 0.1) is 6.92 Å². The molecule has 1 aromatic carbocycles. The average molecular weight is 464 g/mol. The van der Waals surface area contributed by atoms with Gasteiger partial charge < -0.3 is 9.15 Å². The first-order valence-electron chi connectivity index (χ1n) is 9.93. The fourth-order valence-corrected chi connectivity index (χ4v) is 5.39. The van der Waals surface area contributed by atoms with Crippen LogP contribution in [-0.4, -0.2) is 52.6 Å². The molecule has 3 aromatic rings. The van der Waals surface area contributed by atoms with Crippen molar-refractivity contribution in [2.24, 2.45) is 0 Å². The van der Waals surface area contributed by atoms with Crippen molar-refractivity contribution in [1.29, 1.82) is 0 Å². The van der Waals surface area contributed by atoms with E-state index in [-0.39, 0.29) is 22.4 Å². The molecular formula is C20H22ClN5O4S. The number of benzene rings is 1. The second-order valence-corrected chi connectivity index (χ2v) is 9.54. The Kier molecular flexibility index (Phi) is 6.22. The molecular weight excluding hydrogens is 442 g/mol. The Labute approximate surface area is 185 Å². The van der Waals surface area contributed by atoms with Crippen molar-refractivity contribution in [2.75, 3.05) is 19.7 Å². The predicted octanol–water partition coefficient (Wildman–Crippen LogP) is 3.46. The third kappa shape index (κ3) is 4.41. The van der Waals surface area contributed by atoms with Gasteiger partial charge in [-0.25, -0.2) is 18.4 Å². The Balaban J connectivity index is 1.55. The summed E-state index contributed by atoms with van der Waals surface area (Å²) in [5.41, 5.74) is 1.39. The second-order valence-electron chi connectivity index (χ2n) is 7.19. The highest BCUT2D eigenvalue weighted by molar-refractivity contribution is 7.89. The number of rotatable bonds is 6. The van der Waals surface area contributed by atoms with Gasteiger partial charge >= 0.3 is 0 Å². The van der Waals surface area contributed by atoms with Gasteiger partial charge in [-0.2, -0.15) is 4.31 Å². The molecule has 0 amide bonds. The summed E-state index contributed by atoms with van der Waals surface area (Å²) in [5, 5.41) is 8.53. The molecule has 31 heavy (non-hydrogen) atoms. The number of piperidine rings is 1. The molecule has 0 radical (unpaired) electrons. The predicted molar refractivity (Wildman–Crippen MR) is 113 cm³/mol. The molecule has 0 N–H and O–H groups in total. The minimum atomic E-state index is -3.73. The zero-order valence-corrected chi connectivity index (χ0v) is 18.7. The van der Waals surface area contributed by atoms with E-state index >= 15 is 0 Å². The van der Waals surface area contributed by atoms with E-state index in [1.54, 1.807) is 12.3 Å². The van der Waals surface area contributed by atoms with Gasteiger partial charge in [0.05, 0.1) is 33.7 Å². The van der Waals surface area contributed by atoms with Crippen molar-refractivity contribution >= 4 is 21.6 Å². The van der Waals surface area contributed by atoms with Crippen LogP contribution in [0.15, 0.2) is 40.0 Å². The van der Waals surface area contributed by atoms with Gasteiger partial charge in [0.1, 0.15) is 12.1 Å². The average Bonchev–Trinajstić information content (AvgIpc) is 3.26. The SMILES string of the molecule is CCOc1ccc(S(=O)(=O)N2CCC[C@H](c3nnc(-c4cncnc4C)o3)C2)cc1Cl. The van der Waals surface area contributed by atoms with E-state index < -0.39 is 10.0 Å². The first kappa shape index (κ1) is 21.7. The van der Waals surface area contributed by atoms with Crippen LogP contribution in [0.25, 0.3) is 11.5 Å².